The lowest BCUT2D eigenvalue weighted by atomic mass is 9.74. The maximum atomic E-state index is 14.2. The Bertz CT molecular complexity index is 1150. The van der Waals surface area contributed by atoms with Crippen LogP contribution in [0, 0.1) is 5.82 Å². The number of likely N-dealkylation sites (N-methyl/N-ethyl adjacent to an activating group) is 1. The van der Waals surface area contributed by atoms with Gasteiger partial charge < -0.3 is 4.90 Å². The highest BCUT2D eigenvalue weighted by Crippen LogP contribution is 2.42. The third-order valence-corrected chi connectivity index (χ3v) is 7.13. The van der Waals surface area contributed by atoms with Gasteiger partial charge in [-0.05, 0) is 37.5 Å². The molecule has 0 unspecified atom stereocenters. The first-order chi connectivity index (χ1) is 15.4. The number of nitrogens with zero attached hydrogens (tertiary/aromatic N) is 4. The normalized spacial score (nSPS) is 18.5. The van der Waals surface area contributed by atoms with Crippen LogP contribution < -0.4 is 0 Å². The van der Waals surface area contributed by atoms with Gasteiger partial charge in [-0.3, -0.25) is 14.2 Å². The molecular formula is C23H22ClFN4O2S. The van der Waals surface area contributed by atoms with Crippen LogP contribution in [0.15, 0.2) is 60.0 Å². The molecule has 1 aliphatic rings. The highest BCUT2D eigenvalue weighted by molar-refractivity contribution is 7.99. The number of ketones is 1. The molecule has 0 saturated heterocycles. The summed E-state index contributed by atoms with van der Waals surface area (Å²) in [6.07, 6.45) is 3.95. The molecule has 4 rings (SSSR count). The SMILES string of the molecule is CN(C(=O)CSc1nncn1-c1ccccc1F)[C@]1(c2ccccc2Cl)CCCCC1=O. The molecule has 1 atom stereocenters. The number of amides is 1. The zero-order chi connectivity index (χ0) is 22.7. The number of hydrogen-bond donors (Lipinski definition) is 0. The second-order valence-corrected chi connectivity index (χ2v) is 9.00. The van der Waals surface area contributed by atoms with Crippen LogP contribution in [0.3, 0.4) is 0 Å². The van der Waals surface area contributed by atoms with Gasteiger partial charge in [0.05, 0.1) is 11.4 Å². The van der Waals surface area contributed by atoms with Crippen molar-refractivity contribution in [3.63, 3.8) is 0 Å². The molecule has 0 bridgehead atoms. The Labute approximate surface area is 194 Å². The quantitative estimate of drug-likeness (QED) is 0.488. The van der Waals surface area contributed by atoms with Crippen molar-refractivity contribution in [3.05, 3.63) is 71.3 Å². The third kappa shape index (κ3) is 4.04. The van der Waals surface area contributed by atoms with Crippen LogP contribution in [0.4, 0.5) is 4.39 Å². The summed E-state index contributed by atoms with van der Waals surface area (Å²) in [6, 6.07) is 13.5. The van der Waals surface area contributed by atoms with Crippen molar-refractivity contribution in [1.29, 1.82) is 0 Å². The molecule has 0 spiro atoms. The maximum absolute atomic E-state index is 14.2. The summed E-state index contributed by atoms with van der Waals surface area (Å²) in [6.45, 7) is 0. The summed E-state index contributed by atoms with van der Waals surface area (Å²) in [5.41, 5.74) is -0.134. The lowest BCUT2D eigenvalue weighted by Crippen LogP contribution is -2.54. The summed E-state index contributed by atoms with van der Waals surface area (Å²) in [5, 5.41) is 8.75. The van der Waals surface area contributed by atoms with Crippen LogP contribution in [0.2, 0.25) is 5.02 Å². The highest BCUT2D eigenvalue weighted by Gasteiger charge is 2.47. The molecule has 1 aromatic heterocycles. The molecule has 0 N–H and O–H groups in total. The summed E-state index contributed by atoms with van der Waals surface area (Å²) in [4.78, 5) is 28.0. The Kier molecular flexibility index (Phi) is 6.62. The molecule has 1 amide bonds. The van der Waals surface area contributed by atoms with E-state index in [0.717, 1.165) is 24.6 Å². The van der Waals surface area contributed by atoms with Gasteiger partial charge in [-0.1, -0.05) is 53.7 Å². The molecule has 166 valence electrons. The number of halogens is 2. The fraction of sp³-hybridized carbons (Fsp3) is 0.304. The number of aromatic nitrogens is 3. The number of carbonyl (C=O) groups is 2. The molecule has 2 aromatic carbocycles. The van der Waals surface area contributed by atoms with Crippen LogP contribution >= 0.6 is 23.4 Å². The molecule has 0 radical (unpaired) electrons. The van der Waals surface area contributed by atoms with E-state index in [2.05, 4.69) is 10.2 Å². The lowest BCUT2D eigenvalue weighted by molar-refractivity contribution is -0.146. The van der Waals surface area contributed by atoms with Crippen molar-refractivity contribution in [2.45, 2.75) is 36.4 Å². The van der Waals surface area contributed by atoms with Gasteiger partial charge in [-0.2, -0.15) is 0 Å². The minimum absolute atomic E-state index is 0.00720. The minimum Gasteiger partial charge on any atom is -0.328 e. The Morgan fingerprint density at radius 1 is 1.22 bits per heavy atom. The number of para-hydroxylation sites is 1. The smallest absolute Gasteiger partial charge is 0.233 e. The van der Waals surface area contributed by atoms with Crippen LogP contribution in [0.25, 0.3) is 5.69 Å². The molecule has 1 fully saturated rings. The van der Waals surface area contributed by atoms with Gasteiger partial charge in [0.25, 0.3) is 0 Å². The van der Waals surface area contributed by atoms with Gasteiger partial charge in [-0.25, -0.2) is 4.39 Å². The maximum Gasteiger partial charge on any atom is 0.233 e. The molecule has 0 aliphatic heterocycles. The number of Topliss-reactive ketones (excluding diaryl/α,β-unsaturated/α-hetero) is 1. The van der Waals surface area contributed by atoms with Gasteiger partial charge in [0.2, 0.25) is 5.91 Å². The van der Waals surface area contributed by atoms with Crippen molar-refractivity contribution in [2.75, 3.05) is 12.8 Å². The second kappa shape index (κ2) is 9.42. The second-order valence-electron chi connectivity index (χ2n) is 7.65. The van der Waals surface area contributed by atoms with E-state index in [4.69, 9.17) is 11.6 Å². The number of carbonyl (C=O) groups excluding carboxylic acids is 2. The monoisotopic (exact) mass is 472 g/mol. The van der Waals surface area contributed by atoms with Crippen molar-refractivity contribution in [2.24, 2.45) is 0 Å². The van der Waals surface area contributed by atoms with Gasteiger partial charge in [0.1, 0.15) is 17.7 Å². The minimum atomic E-state index is -1.09. The van der Waals surface area contributed by atoms with Crippen LogP contribution in [-0.2, 0) is 15.1 Å². The van der Waals surface area contributed by atoms with Crippen LogP contribution in [0.1, 0.15) is 31.2 Å². The predicted molar refractivity (Wildman–Crippen MR) is 121 cm³/mol. The molecule has 9 heteroatoms. The summed E-state index contributed by atoms with van der Waals surface area (Å²) < 4.78 is 15.7. The number of rotatable bonds is 6. The topological polar surface area (TPSA) is 68.1 Å². The fourth-order valence-corrected chi connectivity index (χ4v) is 5.33. The first kappa shape index (κ1) is 22.5. The average Bonchev–Trinajstić information content (AvgIpc) is 3.26. The van der Waals surface area contributed by atoms with Gasteiger partial charge in [0.15, 0.2) is 10.9 Å². The van der Waals surface area contributed by atoms with E-state index in [1.807, 2.05) is 12.1 Å². The zero-order valence-corrected chi connectivity index (χ0v) is 19.1. The summed E-state index contributed by atoms with van der Waals surface area (Å²) in [7, 11) is 1.65. The van der Waals surface area contributed by atoms with E-state index in [0.29, 0.717) is 34.3 Å². The van der Waals surface area contributed by atoms with Gasteiger partial charge in [0, 0.05) is 24.1 Å². The molecule has 1 saturated carbocycles. The average molecular weight is 473 g/mol. The van der Waals surface area contributed by atoms with Crippen molar-refractivity contribution < 1.29 is 14.0 Å². The number of thioether (sulfide) groups is 1. The molecule has 6 nitrogen and oxygen atoms in total. The van der Waals surface area contributed by atoms with Gasteiger partial charge >= 0.3 is 0 Å². The fourth-order valence-electron chi connectivity index (χ4n) is 4.20. The molecular weight excluding hydrogens is 451 g/mol. The first-order valence-electron chi connectivity index (χ1n) is 10.3. The van der Waals surface area contributed by atoms with E-state index in [1.165, 1.54) is 21.9 Å². The predicted octanol–water partition coefficient (Wildman–Crippen LogP) is 4.65. The Balaban J connectivity index is 1.58. The van der Waals surface area contributed by atoms with Crippen molar-refractivity contribution in [1.82, 2.24) is 19.7 Å². The standard InChI is InChI=1S/C23H22ClFN4O2S/c1-28(23(13-7-6-12-20(23)30)16-8-2-3-9-17(16)24)21(31)14-32-22-27-26-15-29(22)19-11-5-4-10-18(19)25/h2-5,8-11,15H,6-7,12-14H2,1H3/t23-/m0/s1. The highest BCUT2D eigenvalue weighted by atomic mass is 35.5. The van der Waals surface area contributed by atoms with E-state index < -0.39 is 11.4 Å². The third-order valence-electron chi connectivity index (χ3n) is 5.87. The molecule has 1 aliphatic carbocycles. The van der Waals surface area contributed by atoms with E-state index in [1.54, 1.807) is 37.4 Å². The largest absolute Gasteiger partial charge is 0.328 e. The lowest BCUT2D eigenvalue weighted by Gasteiger charge is -2.44. The Hall–Kier alpha value is -2.71. The summed E-state index contributed by atoms with van der Waals surface area (Å²) in [5.74, 6) is -0.646. The Morgan fingerprint density at radius 3 is 2.72 bits per heavy atom. The number of hydrogen-bond acceptors (Lipinski definition) is 5. The molecule has 1 heterocycles. The molecule has 32 heavy (non-hydrogen) atoms. The molecule has 3 aromatic rings. The van der Waals surface area contributed by atoms with E-state index >= 15 is 0 Å². The van der Waals surface area contributed by atoms with Crippen LogP contribution in [0.5, 0.6) is 0 Å². The van der Waals surface area contributed by atoms with Gasteiger partial charge in [-0.15, -0.1) is 10.2 Å². The van der Waals surface area contributed by atoms with Crippen LogP contribution in [-0.4, -0.2) is 44.2 Å². The van der Waals surface area contributed by atoms with Crippen molar-refractivity contribution >= 4 is 35.1 Å². The zero-order valence-electron chi connectivity index (χ0n) is 17.5. The van der Waals surface area contributed by atoms with Crippen molar-refractivity contribution in [3.8, 4) is 5.69 Å². The van der Waals surface area contributed by atoms with E-state index in [-0.39, 0.29) is 17.4 Å². The number of benzene rings is 2. The van der Waals surface area contributed by atoms with E-state index in [9.17, 15) is 14.0 Å². The Morgan fingerprint density at radius 2 is 1.97 bits per heavy atom. The first-order valence-corrected chi connectivity index (χ1v) is 11.6. The summed E-state index contributed by atoms with van der Waals surface area (Å²) >= 11 is 7.61.